The topological polar surface area (TPSA) is 62.3 Å². The van der Waals surface area contributed by atoms with Crippen LogP contribution in [0.4, 0.5) is 5.69 Å². The molecule has 0 aliphatic rings. The smallest absolute Gasteiger partial charge is 0.131 e. The van der Waals surface area contributed by atoms with Gasteiger partial charge in [-0.05, 0) is 42.5 Å². The Hall–Kier alpha value is -2.95. The Morgan fingerprint density at radius 3 is 2.41 bits per heavy atom. The van der Waals surface area contributed by atoms with Crippen LogP contribution < -0.4 is 15.2 Å². The minimum absolute atomic E-state index is 0.722. The number of methoxy groups -OCH3 is 2. The third-order valence-corrected chi connectivity index (χ3v) is 3.47. The van der Waals surface area contributed by atoms with Crippen molar-refractivity contribution in [2.75, 3.05) is 20.0 Å². The number of hydrogen-bond donors (Lipinski definition) is 1. The van der Waals surface area contributed by atoms with Crippen LogP contribution in [0.3, 0.4) is 0 Å². The van der Waals surface area contributed by atoms with Crippen LogP contribution in [0.5, 0.6) is 11.5 Å². The van der Waals surface area contributed by atoms with E-state index in [9.17, 15) is 0 Å². The molecule has 22 heavy (non-hydrogen) atoms. The molecule has 0 atom stereocenters. The highest BCUT2D eigenvalue weighted by Crippen LogP contribution is 2.34. The van der Waals surface area contributed by atoms with Gasteiger partial charge in [-0.3, -0.25) is 0 Å². The summed E-state index contributed by atoms with van der Waals surface area (Å²) in [6, 6.07) is 15.2. The summed E-state index contributed by atoms with van der Waals surface area (Å²) in [7, 11) is 3.27. The molecule has 3 rings (SSSR count). The van der Waals surface area contributed by atoms with E-state index in [1.165, 1.54) is 0 Å². The van der Waals surface area contributed by atoms with Crippen molar-refractivity contribution in [2.24, 2.45) is 0 Å². The number of nitrogens with zero attached hydrogens (tertiary/aromatic N) is 2. The first-order valence-corrected chi connectivity index (χ1v) is 6.85. The van der Waals surface area contributed by atoms with Crippen molar-refractivity contribution in [1.82, 2.24) is 9.78 Å². The summed E-state index contributed by atoms with van der Waals surface area (Å²) in [5.41, 5.74) is 9.28. The highest BCUT2D eigenvalue weighted by atomic mass is 16.5. The summed E-state index contributed by atoms with van der Waals surface area (Å²) in [5, 5.41) is 4.40. The number of nitrogen functional groups attached to an aromatic ring is 1. The van der Waals surface area contributed by atoms with Crippen molar-refractivity contribution in [2.45, 2.75) is 0 Å². The molecule has 3 aromatic rings. The molecular formula is C17H17N3O2. The highest BCUT2D eigenvalue weighted by molar-refractivity contribution is 5.70. The van der Waals surface area contributed by atoms with Gasteiger partial charge in [0.2, 0.25) is 0 Å². The van der Waals surface area contributed by atoms with E-state index in [0.717, 1.165) is 34.1 Å². The Kier molecular flexibility index (Phi) is 3.70. The largest absolute Gasteiger partial charge is 0.497 e. The minimum Gasteiger partial charge on any atom is -0.497 e. The van der Waals surface area contributed by atoms with Gasteiger partial charge in [0, 0.05) is 17.3 Å². The first-order chi connectivity index (χ1) is 10.7. The van der Waals surface area contributed by atoms with E-state index in [4.69, 9.17) is 15.2 Å². The predicted octanol–water partition coefficient (Wildman–Crippen LogP) is 3.14. The standard InChI is InChI=1S/C17H17N3O2/c1-21-14-7-8-15(17(11-14)22-2)16-9-10-19-20(16)13-5-3-12(18)4-6-13/h3-11H,18H2,1-2H3. The molecule has 1 heterocycles. The van der Waals surface area contributed by atoms with E-state index in [-0.39, 0.29) is 0 Å². The van der Waals surface area contributed by atoms with E-state index in [2.05, 4.69) is 5.10 Å². The monoisotopic (exact) mass is 295 g/mol. The van der Waals surface area contributed by atoms with Gasteiger partial charge in [-0.25, -0.2) is 4.68 Å². The summed E-state index contributed by atoms with van der Waals surface area (Å²) in [6.07, 6.45) is 1.76. The first kappa shape index (κ1) is 14.0. The molecule has 5 heteroatoms. The van der Waals surface area contributed by atoms with E-state index >= 15 is 0 Å². The van der Waals surface area contributed by atoms with Crippen LogP contribution in [0.2, 0.25) is 0 Å². The molecule has 0 radical (unpaired) electrons. The van der Waals surface area contributed by atoms with E-state index in [1.807, 2.05) is 53.2 Å². The van der Waals surface area contributed by atoms with Crippen molar-refractivity contribution in [3.05, 3.63) is 54.7 Å². The van der Waals surface area contributed by atoms with E-state index < -0.39 is 0 Å². The zero-order chi connectivity index (χ0) is 15.5. The molecule has 112 valence electrons. The van der Waals surface area contributed by atoms with Gasteiger partial charge in [0.05, 0.1) is 31.8 Å². The number of nitrogens with two attached hydrogens (primary N) is 1. The van der Waals surface area contributed by atoms with Gasteiger partial charge in [0.25, 0.3) is 0 Å². The summed E-state index contributed by atoms with van der Waals surface area (Å²) in [6.45, 7) is 0. The van der Waals surface area contributed by atoms with Crippen LogP contribution >= 0.6 is 0 Å². The van der Waals surface area contributed by atoms with Crippen molar-refractivity contribution < 1.29 is 9.47 Å². The Balaban J connectivity index is 2.10. The Bertz CT molecular complexity index is 779. The van der Waals surface area contributed by atoms with Crippen LogP contribution in [-0.2, 0) is 0 Å². The third-order valence-electron chi connectivity index (χ3n) is 3.47. The molecule has 2 aromatic carbocycles. The Morgan fingerprint density at radius 2 is 1.73 bits per heavy atom. The predicted molar refractivity (Wildman–Crippen MR) is 86.5 cm³/mol. The second kappa shape index (κ2) is 5.81. The average molecular weight is 295 g/mol. The van der Waals surface area contributed by atoms with Crippen LogP contribution in [0.25, 0.3) is 16.9 Å². The van der Waals surface area contributed by atoms with Gasteiger partial charge in [-0.2, -0.15) is 5.10 Å². The highest BCUT2D eigenvalue weighted by Gasteiger charge is 2.13. The van der Waals surface area contributed by atoms with E-state index in [0.29, 0.717) is 0 Å². The molecule has 0 fully saturated rings. The lowest BCUT2D eigenvalue weighted by atomic mass is 10.1. The van der Waals surface area contributed by atoms with Gasteiger partial charge in [0.1, 0.15) is 11.5 Å². The normalized spacial score (nSPS) is 10.5. The molecule has 0 spiro atoms. The molecule has 5 nitrogen and oxygen atoms in total. The molecular weight excluding hydrogens is 278 g/mol. The van der Waals surface area contributed by atoms with Gasteiger partial charge in [-0.1, -0.05) is 0 Å². The minimum atomic E-state index is 0.722. The second-order valence-corrected chi connectivity index (χ2v) is 4.79. The first-order valence-electron chi connectivity index (χ1n) is 6.85. The van der Waals surface area contributed by atoms with E-state index in [1.54, 1.807) is 20.4 Å². The average Bonchev–Trinajstić information content (AvgIpc) is 3.04. The zero-order valence-corrected chi connectivity index (χ0v) is 12.5. The lowest BCUT2D eigenvalue weighted by Gasteiger charge is -2.12. The lowest BCUT2D eigenvalue weighted by molar-refractivity contribution is 0.395. The van der Waals surface area contributed by atoms with Gasteiger partial charge >= 0.3 is 0 Å². The molecule has 0 unspecified atom stereocenters. The molecule has 0 saturated heterocycles. The Labute approximate surface area is 128 Å². The maximum Gasteiger partial charge on any atom is 0.131 e. The molecule has 2 N–H and O–H groups in total. The fraction of sp³-hybridized carbons (Fsp3) is 0.118. The quantitative estimate of drug-likeness (QED) is 0.751. The number of benzene rings is 2. The zero-order valence-electron chi connectivity index (χ0n) is 12.5. The van der Waals surface area contributed by atoms with Gasteiger partial charge < -0.3 is 15.2 Å². The number of anilines is 1. The molecule has 0 aliphatic heterocycles. The molecule has 0 amide bonds. The molecule has 0 aliphatic carbocycles. The molecule has 1 aromatic heterocycles. The fourth-order valence-corrected chi connectivity index (χ4v) is 2.34. The van der Waals surface area contributed by atoms with Crippen LogP contribution in [0, 0.1) is 0 Å². The summed E-state index contributed by atoms with van der Waals surface area (Å²) < 4.78 is 12.6. The van der Waals surface area contributed by atoms with Crippen LogP contribution in [0.15, 0.2) is 54.7 Å². The maximum atomic E-state index is 5.74. The number of rotatable bonds is 4. The number of ether oxygens (including phenoxy) is 2. The SMILES string of the molecule is COc1ccc(-c2ccnn2-c2ccc(N)cc2)c(OC)c1. The number of hydrogen-bond acceptors (Lipinski definition) is 4. The van der Waals surface area contributed by atoms with Crippen molar-refractivity contribution in [1.29, 1.82) is 0 Å². The maximum absolute atomic E-state index is 5.74. The fourth-order valence-electron chi connectivity index (χ4n) is 2.34. The Morgan fingerprint density at radius 1 is 0.955 bits per heavy atom. The summed E-state index contributed by atoms with van der Waals surface area (Å²) in [4.78, 5) is 0. The summed E-state index contributed by atoms with van der Waals surface area (Å²) >= 11 is 0. The van der Waals surface area contributed by atoms with Crippen molar-refractivity contribution >= 4 is 5.69 Å². The molecule has 0 saturated carbocycles. The van der Waals surface area contributed by atoms with Crippen molar-refractivity contribution in [3.8, 4) is 28.4 Å². The van der Waals surface area contributed by atoms with Gasteiger partial charge in [0.15, 0.2) is 0 Å². The second-order valence-electron chi connectivity index (χ2n) is 4.79. The van der Waals surface area contributed by atoms with Crippen LogP contribution in [0.1, 0.15) is 0 Å². The third kappa shape index (κ3) is 2.48. The lowest BCUT2D eigenvalue weighted by Crippen LogP contribution is -2.00. The summed E-state index contributed by atoms with van der Waals surface area (Å²) in [5.74, 6) is 1.48. The molecule has 0 bridgehead atoms. The van der Waals surface area contributed by atoms with Crippen molar-refractivity contribution in [3.63, 3.8) is 0 Å². The number of aromatic nitrogens is 2. The van der Waals surface area contributed by atoms with Crippen LogP contribution in [-0.4, -0.2) is 24.0 Å². The van der Waals surface area contributed by atoms with Gasteiger partial charge in [-0.15, -0.1) is 0 Å².